The maximum Gasteiger partial charge on any atom is 0.282 e. The van der Waals surface area contributed by atoms with E-state index >= 15 is 0 Å². The van der Waals surface area contributed by atoms with Crippen LogP contribution in [0.5, 0.6) is 0 Å². The van der Waals surface area contributed by atoms with Crippen LogP contribution < -0.4 is 5.73 Å². The van der Waals surface area contributed by atoms with E-state index in [1.807, 2.05) is 0 Å². The molecule has 0 aromatic carbocycles. The zero-order valence-electron chi connectivity index (χ0n) is 10.3. The molecule has 0 saturated carbocycles. The Kier molecular flexibility index (Phi) is 3.74. The minimum atomic E-state index is -3.31. The van der Waals surface area contributed by atoms with Crippen molar-refractivity contribution in [3.8, 4) is 0 Å². The third-order valence-corrected chi connectivity index (χ3v) is 5.28. The van der Waals surface area contributed by atoms with Crippen molar-refractivity contribution in [3.63, 3.8) is 0 Å². The largest absolute Gasteiger partial charge is 0.379 e. The molecule has 2 fully saturated rings. The zero-order valence-corrected chi connectivity index (χ0v) is 11.1. The SMILES string of the molecule is CCCC1(N)CN(S(=O)(=O)N2CCOCC2)C1. The van der Waals surface area contributed by atoms with Crippen molar-refractivity contribution >= 4 is 10.2 Å². The maximum atomic E-state index is 12.2. The van der Waals surface area contributed by atoms with Crippen molar-refractivity contribution in [1.82, 2.24) is 8.61 Å². The summed E-state index contributed by atoms with van der Waals surface area (Å²) in [6, 6.07) is 0. The van der Waals surface area contributed by atoms with Gasteiger partial charge < -0.3 is 10.5 Å². The molecule has 0 spiro atoms. The van der Waals surface area contributed by atoms with Crippen molar-refractivity contribution in [2.24, 2.45) is 5.73 Å². The highest BCUT2D eigenvalue weighted by molar-refractivity contribution is 7.86. The van der Waals surface area contributed by atoms with E-state index in [9.17, 15) is 8.42 Å². The summed E-state index contributed by atoms with van der Waals surface area (Å²) in [7, 11) is -3.31. The Morgan fingerprint density at radius 3 is 2.35 bits per heavy atom. The highest BCUT2D eigenvalue weighted by Gasteiger charge is 2.46. The van der Waals surface area contributed by atoms with Crippen LogP contribution in [0, 0.1) is 0 Å². The van der Waals surface area contributed by atoms with Crippen LogP contribution >= 0.6 is 0 Å². The molecule has 2 heterocycles. The van der Waals surface area contributed by atoms with Gasteiger partial charge in [-0.2, -0.15) is 17.0 Å². The number of rotatable bonds is 4. The summed E-state index contributed by atoms with van der Waals surface area (Å²) < 4.78 is 32.5. The van der Waals surface area contributed by atoms with E-state index in [0.717, 1.165) is 12.8 Å². The third-order valence-electron chi connectivity index (χ3n) is 3.35. The Hall–Kier alpha value is -0.210. The van der Waals surface area contributed by atoms with E-state index in [-0.39, 0.29) is 5.54 Å². The summed E-state index contributed by atoms with van der Waals surface area (Å²) in [4.78, 5) is 0. The highest BCUT2D eigenvalue weighted by Crippen LogP contribution is 2.27. The quantitative estimate of drug-likeness (QED) is 0.733. The number of nitrogens with zero attached hydrogens (tertiary/aromatic N) is 2. The summed E-state index contributed by atoms with van der Waals surface area (Å²) in [5.41, 5.74) is 5.77. The molecule has 0 aromatic heterocycles. The van der Waals surface area contributed by atoms with Crippen molar-refractivity contribution in [3.05, 3.63) is 0 Å². The zero-order chi connectivity index (χ0) is 12.5. The lowest BCUT2D eigenvalue weighted by Gasteiger charge is -2.48. The molecule has 100 valence electrons. The Morgan fingerprint density at radius 2 is 1.82 bits per heavy atom. The average Bonchev–Trinajstić information content (AvgIpc) is 2.27. The molecule has 6 nitrogen and oxygen atoms in total. The molecule has 2 saturated heterocycles. The molecule has 0 aliphatic carbocycles. The van der Waals surface area contributed by atoms with Gasteiger partial charge in [0.2, 0.25) is 0 Å². The number of hydrogen-bond donors (Lipinski definition) is 1. The van der Waals surface area contributed by atoms with Gasteiger partial charge >= 0.3 is 0 Å². The van der Waals surface area contributed by atoms with Crippen LogP contribution in [0.2, 0.25) is 0 Å². The number of hydrogen-bond acceptors (Lipinski definition) is 4. The van der Waals surface area contributed by atoms with Gasteiger partial charge in [0.25, 0.3) is 10.2 Å². The Labute approximate surface area is 103 Å². The summed E-state index contributed by atoms with van der Waals surface area (Å²) >= 11 is 0. The third kappa shape index (κ3) is 2.63. The molecule has 2 N–H and O–H groups in total. The monoisotopic (exact) mass is 263 g/mol. The van der Waals surface area contributed by atoms with Crippen molar-refractivity contribution in [2.75, 3.05) is 39.4 Å². The van der Waals surface area contributed by atoms with Crippen molar-refractivity contribution < 1.29 is 13.2 Å². The first kappa shape index (κ1) is 13.2. The first-order chi connectivity index (χ1) is 7.98. The summed E-state index contributed by atoms with van der Waals surface area (Å²) in [6.07, 6.45) is 1.87. The molecule has 2 rings (SSSR count). The number of ether oxygens (including phenoxy) is 1. The topological polar surface area (TPSA) is 75.9 Å². The van der Waals surface area contributed by atoms with Gasteiger partial charge in [-0.3, -0.25) is 0 Å². The lowest BCUT2D eigenvalue weighted by Crippen LogP contribution is -2.70. The van der Waals surface area contributed by atoms with Crippen LogP contribution in [0.25, 0.3) is 0 Å². The van der Waals surface area contributed by atoms with Crippen LogP contribution in [-0.4, -0.2) is 62.0 Å². The van der Waals surface area contributed by atoms with E-state index in [0.29, 0.717) is 39.4 Å². The molecule has 0 amide bonds. The molecule has 0 unspecified atom stereocenters. The molecule has 2 aliphatic heterocycles. The highest BCUT2D eigenvalue weighted by atomic mass is 32.2. The van der Waals surface area contributed by atoms with E-state index in [4.69, 9.17) is 10.5 Å². The smallest absolute Gasteiger partial charge is 0.282 e. The predicted molar refractivity (Wildman–Crippen MR) is 64.7 cm³/mol. The first-order valence-electron chi connectivity index (χ1n) is 6.10. The summed E-state index contributed by atoms with van der Waals surface area (Å²) in [5.74, 6) is 0. The van der Waals surface area contributed by atoms with Crippen LogP contribution in [0.1, 0.15) is 19.8 Å². The molecule has 0 atom stereocenters. The second kappa shape index (κ2) is 4.81. The van der Waals surface area contributed by atoms with Crippen molar-refractivity contribution in [1.29, 1.82) is 0 Å². The second-order valence-electron chi connectivity index (χ2n) is 4.90. The van der Waals surface area contributed by atoms with E-state index in [2.05, 4.69) is 6.92 Å². The van der Waals surface area contributed by atoms with Gasteiger partial charge in [-0.1, -0.05) is 13.3 Å². The van der Waals surface area contributed by atoms with Crippen LogP contribution in [0.3, 0.4) is 0 Å². The normalized spacial score (nSPS) is 26.7. The lowest BCUT2D eigenvalue weighted by atomic mass is 9.89. The number of morpholine rings is 1. The first-order valence-corrected chi connectivity index (χ1v) is 7.49. The van der Waals surface area contributed by atoms with Gasteiger partial charge in [0.1, 0.15) is 0 Å². The lowest BCUT2D eigenvalue weighted by molar-refractivity contribution is 0.0636. The number of nitrogens with two attached hydrogens (primary N) is 1. The Bertz CT molecular complexity index is 359. The standard InChI is InChI=1S/C10H21N3O3S/c1-2-3-10(11)8-13(9-10)17(14,15)12-4-6-16-7-5-12/h2-9,11H2,1H3. The molecule has 2 aliphatic rings. The Morgan fingerprint density at radius 1 is 1.24 bits per heavy atom. The molecule has 0 aromatic rings. The molecule has 7 heteroatoms. The fourth-order valence-corrected chi connectivity index (χ4v) is 4.19. The van der Waals surface area contributed by atoms with Crippen LogP contribution in [-0.2, 0) is 14.9 Å². The summed E-state index contributed by atoms with van der Waals surface area (Å²) in [6.45, 7) is 4.81. The van der Waals surface area contributed by atoms with E-state index < -0.39 is 10.2 Å². The van der Waals surface area contributed by atoms with Crippen LogP contribution in [0.15, 0.2) is 0 Å². The maximum absolute atomic E-state index is 12.2. The van der Waals surface area contributed by atoms with Gasteiger partial charge in [0.15, 0.2) is 0 Å². The van der Waals surface area contributed by atoms with Gasteiger partial charge in [-0.05, 0) is 6.42 Å². The van der Waals surface area contributed by atoms with E-state index in [1.54, 1.807) is 0 Å². The van der Waals surface area contributed by atoms with Crippen molar-refractivity contribution in [2.45, 2.75) is 25.3 Å². The summed E-state index contributed by atoms with van der Waals surface area (Å²) in [5, 5.41) is 0. The van der Waals surface area contributed by atoms with Crippen LogP contribution in [0.4, 0.5) is 0 Å². The molecule has 0 radical (unpaired) electrons. The van der Waals surface area contributed by atoms with Gasteiger partial charge in [-0.25, -0.2) is 0 Å². The predicted octanol–water partition coefficient (Wildman–Crippen LogP) is -0.623. The fourth-order valence-electron chi connectivity index (χ4n) is 2.42. The minimum absolute atomic E-state index is 0.311. The van der Waals surface area contributed by atoms with Gasteiger partial charge in [0, 0.05) is 31.7 Å². The fraction of sp³-hybridized carbons (Fsp3) is 1.00. The molecule has 0 bridgehead atoms. The second-order valence-corrected chi connectivity index (χ2v) is 6.83. The van der Waals surface area contributed by atoms with Gasteiger partial charge in [0.05, 0.1) is 13.2 Å². The Balaban J connectivity index is 1.95. The van der Waals surface area contributed by atoms with E-state index in [1.165, 1.54) is 8.61 Å². The molecule has 17 heavy (non-hydrogen) atoms. The van der Waals surface area contributed by atoms with Gasteiger partial charge in [-0.15, -0.1) is 0 Å². The molecular formula is C10H21N3O3S. The molecular weight excluding hydrogens is 242 g/mol. The average molecular weight is 263 g/mol. The minimum Gasteiger partial charge on any atom is -0.379 e.